The minimum Gasteiger partial charge on any atom is -0.549 e. The maximum atomic E-state index is 12.3. The third-order valence-electron chi connectivity index (χ3n) is 4.64. The van der Waals surface area contributed by atoms with Crippen LogP contribution in [0.3, 0.4) is 0 Å². The Labute approximate surface area is 190 Å². The first kappa shape index (κ1) is 25.5. The standard InChI is InChI=1S/C20H23ClO10S/c1-5-29-19(24)13(18(22)23)8-11(21)6-7-12-16(28-3)10(2)14-9-30-20(25)15(14)17(12)31-32(4,26)27/h6,13H,5,7-9H2,1-4H3,(H,22,23)/p-1/b11-6-. The second kappa shape index (κ2) is 10.2. The number of hydrogen-bond donors (Lipinski definition) is 0. The number of allylic oxidation sites excluding steroid dienone is 2. The molecule has 0 spiro atoms. The van der Waals surface area contributed by atoms with Gasteiger partial charge >= 0.3 is 22.1 Å². The van der Waals surface area contributed by atoms with Crippen molar-refractivity contribution in [2.45, 2.75) is 33.3 Å². The van der Waals surface area contributed by atoms with Gasteiger partial charge in [-0.1, -0.05) is 17.7 Å². The molecule has 0 saturated heterocycles. The van der Waals surface area contributed by atoms with E-state index in [0.717, 1.165) is 6.26 Å². The van der Waals surface area contributed by atoms with Crippen LogP contribution < -0.4 is 14.0 Å². The summed E-state index contributed by atoms with van der Waals surface area (Å²) < 4.78 is 44.0. The lowest BCUT2D eigenvalue weighted by molar-refractivity contribution is -0.310. The van der Waals surface area contributed by atoms with Gasteiger partial charge in [-0.25, -0.2) is 4.79 Å². The molecule has 176 valence electrons. The van der Waals surface area contributed by atoms with E-state index < -0.39 is 40.4 Å². The molecule has 0 radical (unpaired) electrons. The maximum absolute atomic E-state index is 12.3. The quantitative estimate of drug-likeness (QED) is 0.265. The van der Waals surface area contributed by atoms with Gasteiger partial charge < -0.3 is 28.3 Å². The average molecular weight is 490 g/mol. The summed E-state index contributed by atoms with van der Waals surface area (Å²) in [7, 11) is -2.67. The number of carbonyl (C=O) groups is 3. The number of carboxylic acid groups (broad SMARTS) is 1. The maximum Gasteiger partial charge on any atom is 0.342 e. The first-order valence-electron chi connectivity index (χ1n) is 9.42. The average Bonchev–Trinajstić information content (AvgIpc) is 3.07. The molecule has 1 aliphatic heterocycles. The summed E-state index contributed by atoms with van der Waals surface area (Å²) in [5.41, 5.74) is 1.14. The van der Waals surface area contributed by atoms with Gasteiger partial charge in [0.15, 0.2) is 5.75 Å². The van der Waals surface area contributed by atoms with Crippen LogP contribution in [0.1, 0.15) is 40.4 Å². The Morgan fingerprint density at radius 3 is 2.50 bits per heavy atom. The van der Waals surface area contributed by atoms with E-state index in [0.29, 0.717) is 11.1 Å². The highest BCUT2D eigenvalue weighted by Gasteiger charge is 2.34. The summed E-state index contributed by atoms with van der Waals surface area (Å²) in [6, 6.07) is 0. The Morgan fingerprint density at radius 1 is 1.31 bits per heavy atom. The normalized spacial score (nSPS) is 14.4. The highest BCUT2D eigenvalue weighted by molar-refractivity contribution is 7.86. The number of cyclic esters (lactones) is 1. The van der Waals surface area contributed by atoms with Crippen LogP contribution in [0.4, 0.5) is 0 Å². The molecule has 12 heteroatoms. The van der Waals surface area contributed by atoms with Gasteiger partial charge in [0.25, 0.3) is 0 Å². The van der Waals surface area contributed by atoms with Crippen molar-refractivity contribution in [1.29, 1.82) is 0 Å². The van der Waals surface area contributed by atoms with E-state index >= 15 is 0 Å². The molecule has 1 unspecified atom stereocenters. The fourth-order valence-corrected chi connectivity index (χ4v) is 3.97. The lowest BCUT2D eigenvalue weighted by Gasteiger charge is -2.19. The van der Waals surface area contributed by atoms with Gasteiger partial charge in [0.2, 0.25) is 0 Å². The lowest BCUT2D eigenvalue weighted by Crippen LogP contribution is -2.37. The zero-order chi connectivity index (χ0) is 24.2. The summed E-state index contributed by atoms with van der Waals surface area (Å²) in [6.45, 7) is 3.11. The van der Waals surface area contributed by atoms with E-state index in [2.05, 4.69) is 0 Å². The summed E-state index contributed by atoms with van der Waals surface area (Å²) in [5, 5.41) is 11.3. The molecule has 10 nitrogen and oxygen atoms in total. The molecular weight excluding hydrogens is 468 g/mol. The van der Waals surface area contributed by atoms with E-state index in [9.17, 15) is 27.9 Å². The number of hydrogen-bond acceptors (Lipinski definition) is 10. The van der Waals surface area contributed by atoms with E-state index in [1.165, 1.54) is 20.1 Å². The number of esters is 2. The van der Waals surface area contributed by atoms with Crippen molar-refractivity contribution in [1.82, 2.24) is 0 Å². The first-order chi connectivity index (χ1) is 14.9. The number of fused-ring (bicyclic) bond motifs is 1. The molecule has 2 rings (SSSR count). The first-order valence-corrected chi connectivity index (χ1v) is 11.6. The number of rotatable bonds is 10. The number of aliphatic carboxylic acids is 1. The Balaban J connectivity index is 2.51. The summed E-state index contributed by atoms with van der Waals surface area (Å²) in [5.74, 6) is -5.01. The van der Waals surface area contributed by atoms with Crippen molar-refractivity contribution in [3.8, 4) is 11.5 Å². The van der Waals surface area contributed by atoms with E-state index in [4.69, 9.17) is 30.0 Å². The molecule has 32 heavy (non-hydrogen) atoms. The van der Waals surface area contributed by atoms with Crippen molar-refractivity contribution >= 4 is 39.6 Å². The fraction of sp³-hybridized carbons (Fsp3) is 0.450. The number of carboxylic acids is 1. The molecule has 0 N–H and O–H groups in total. The molecule has 0 bridgehead atoms. The zero-order valence-corrected chi connectivity index (χ0v) is 19.4. The van der Waals surface area contributed by atoms with Gasteiger partial charge in [0, 0.05) is 22.6 Å². The molecule has 0 saturated carbocycles. The molecular formula is C20H22ClO10S-. The van der Waals surface area contributed by atoms with Crippen LogP contribution >= 0.6 is 11.6 Å². The molecule has 0 aromatic heterocycles. The van der Waals surface area contributed by atoms with Crippen molar-refractivity contribution in [3.63, 3.8) is 0 Å². The highest BCUT2D eigenvalue weighted by atomic mass is 35.5. The van der Waals surface area contributed by atoms with Crippen LogP contribution in [0.25, 0.3) is 0 Å². The molecule has 1 aromatic rings. The van der Waals surface area contributed by atoms with E-state index in [1.54, 1.807) is 6.92 Å². The third kappa shape index (κ3) is 5.71. The van der Waals surface area contributed by atoms with Gasteiger partial charge in [-0.05, 0) is 25.8 Å². The van der Waals surface area contributed by atoms with Crippen LogP contribution in [-0.2, 0) is 42.2 Å². The smallest absolute Gasteiger partial charge is 0.342 e. The predicted octanol–water partition coefficient (Wildman–Crippen LogP) is 0.997. The molecule has 1 aromatic carbocycles. The van der Waals surface area contributed by atoms with Crippen LogP contribution in [0, 0.1) is 12.8 Å². The Hall–Kier alpha value is -2.79. The van der Waals surface area contributed by atoms with Gasteiger partial charge in [0.05, 0.1) is 25.9 Å². The number of ether oxygens (including phenoxy) is 3. The molecule has 0 fully saturated rings. The zero-order valence-electron chi connectivity index (χ0n) is 17.9. The molecule has 0 aliphatic carbocycles. The lowest BCUT2D eigenvalue weighted by atomic mass is 9.95. The fourth-order valence-electron chi connectivity index (χ4n) is 3.25. The Morgan fingerprint density at radius 2 is 1.97 bits per heavy atom. The van der Waals surface area contributed by atoms with Crippen LogP contribution in [-0.4, -0.2) is 46.3 Å². The van der Waals surface area contributed by atoms with Crippen LogP contribution in [0.2, 0.25) is 0 Å². The number of benzene rings is 1. The molecule has 1 atom stereocenters. The number of halogens is 1. The molecule has 1 heterocycles. The Bertz CT molecular complexity index is 1070. The third-order valence-corrected chi connectivity index (χ3v) is 5.42. The van der Waals surface area contributed by atoms with Crippen LogP contribution in [0.15, 0.2) is 11.1 Å². The molecule has 1 aliphatic rings. The monoisotopic (exact) mass is 489 g/mol. The van der Waals surface area contributed by atoms with Crippen molar-refractivity contribution in [3.05, 3.63) is 33.4 Å². The molecule has 0 amide bonds. The summed E-state index contributed by atoms with van der Waals surface area (Å²) in [6.07, 6.45) is 1.67. The predicted molar refractivity (Wildman–Crippen MR) is 110 cm³/mol. The minimum atomic E-state index is -4.03. The topological polar surface area (TPSA) is 145 Å². The van der Waals surface area contributed by atoms with E-state index in [-0.39, 0.29) is 47.3 Å². The Kier molecular flexibility index (Phi) is 8.13. The minimum absolute atomic E-state index is 0.0160. The van der Waals surface area contributed by atoms with E-state index in [1.807, 2.05) is 0 Å². The van der Waals surface area contributed by atoms with Crippen LogP contribution in [0.5, 0.6) is 11.5 Å². The summed E-state index contributed by atoms with van der Waals surface area (Å²) >= 11 is 6.15. The summed E-state index contributed by atoms with van der Waals surface area (Å²) in [4.78, 5) is 35.4. The van der Waals surface area contributed by atoms with Crippen molar-refractivity contribution in [2.75, 3.05) is 20.0 Å². The number of carbonyl (C=O) groups excluding carboxylic acids is 3. The van der Waals surface area contributed by atoms with Gasteiger partial charge in [-0.15, -0.1) is 0 Å². The van der Waals surface area contributed by atoms with Gasteiger partial charge in [-0.3, -0.25) is 4.79 Å². The van der Waals surface area contributed by atoms with Gasteiger partial charge in [0.1, 0.15) is 23.8 Å². The van der Waals surface area contributed by atoms with Crippen molar-refractivity contribution in [2.24, 2.45) is 5.92 Å². The van der Waals surface area contributed by atoms with Gasteiger partial charge in [-0.2, -0.15) is 8.42 Å². The number of methoxy groups -OCH3 is 1. The SMILES string of the molecule is CCOC(=O)C(C/C(Cl)=C/Cc1c(OC)c(C)c2c(c1OS(C)(=O)=O)C(=O)OC2)C(=O)[O-]. The largest absolute Gasteiger partial charge is 0.549 e. The second-order valence-electron chi connectivity index (χ2n) is 6.87. The second-order valence-corrected chi connectivity index (χ2v) is 8.93. The van der Waals surface area contributed by atoms with Crippen molar-refractivity contribution < 1.29 is 46.3 Å². The highest BCUT2D eigenvalue weighted by Crippen LogP contribution is 2.43.